The molecule has 106 valence electrons. The van der Waals surface area contributed by atoms with Crippen molar-refractivity contribution >= 4 is 15.9 Å². The number of ether oxygens (including phenoxy) is 2. The van der Waals surface area contributed by atoms with Crippen molar-refractivity contribution in [2.75, 3.05) is 13.4 Å². The van der Waals surface area contributed by atoms with E-state index in [9.17, 15) is 0 Å². The Bertz CT molecular complexity index is 407. The van der Waals surface area contributed by atoms with Crippen LogP contribution in [0.25, 0.3) is 0 Å². The summed E-state index contributed by atoms with van der Waals surface area (Å²) in [5.41, 5.74) is 7.16. The lowest BCUT2D eigenvalue weighted by molar-refractivity contribution is 0.00900. The van der Waals surface area contributed by atoms with Gasteiger partial charge in [0.2, 0.25) is 0 Å². The zero-order valence-electron chi connectivity index (χ0n) is 11.4. The third kappa shape index (κ3) is 4.79. The van der Waals surface area contributed by atoms with E-state index in [1.54, 1.807) is 0 Å². The molecule has 0 bridgehead atoms. The van der Waals surface area contributed by atoms with Crippen molar-refractivity contribution in [3.63, 3.8) is 0 Å². The minimum atomic E-state index is 0.170. The zero-order chi connectivity index (χ0) is 13.7. The van der Waals surface area contributed by atoms with Gasteiger partial charge in [-0.1, -0.05) is 19.1 Å². The molecule has 1 aliphatic carbocycles. The first kappa shape index (κ1) is 14.8. The first-order valence-corrected chi connectivity index (χ1v) is 7.73. The summed E-state index contributed by atoms with van der Waals surface area (Å²) in [4.78, 5) is 0. The number of rotatable bonds is 8. The van der Waals surface area contributed by atoms with Crippen LogP contribution in [0.5, 0.6) is 5.75 Å². The monoisotopic (exact) mass is 327 g/mol. The van der Waals surface area contributed by atoms with E-state index in [-0.39, 0.29) is 6.04 Å². The Labute approximate surface area is 123 Å². The molecule has 0 aromatic heterocycles. The summed E-state index contributed by atoms with van der Waals surface area (Å²) in [6.45, 7) is 3.23. The molecule has 0 aliphatic heterocycles. The van der Waals surface area contributed by atoms with Crippen LogP contribution < -0.4 is 10.5 Å². The van der Waals surface area contributed by atoms with Crippen LogP contribution in [0.2, 0.25) is 0 Å². The molecule has 1 atom stereocenters. The lowest BCUT2D eigenvalue weighted by atomic mass is 10.0. The summed E-state index contributed by atoms with van der Waals surface area (Å²) < 4.78 is 12.3. The van der Waals surface area contributed by atoms with Gasteiger partial charge in [-0.25, -0.2) is 0 Å². The molecule has 19 heavy (non-hydrogen) atoms. The van der Waals surface area contributed by atoms with Crippen LogP contribution in [0.3, 0.4) is 0 Å². The van der Waals surface area contributed by atoms with Crippen LogP contribution >= 0.6 is 15.9 Å². The van der Waals surface area contributed by atoms with Gasteiger partial charge in [-0.3, -0.25) is 0 Å². The van der Waals surface area contributed by atoms with Crippen molar-refractivity contribution in [3.05, 3.63) is 28.2 Å². The summed E-state index contributed by atoms with van der Waals surface area (Å²) >= 11 is 3.53. The molecule has 4 heteroatoms. The average Bonchev–Trinajstić information content (AvgIpc) is 3.21. The molecule has 1 saturated carbocycles. The second kappa shape index (κ2) is 7.27. The second-order valence-corrected chi connectivity index (χ2v) is 6.03. The van der Waals surface area contributed by atoms with Crippen LogP contribution in [0.1, 0.15) is 31.7 Å². The lowest BCUT2D eigenvalue weighted by Crippen LogP contribution is -2.22. The Morgan fingerprint density at radius 3 is 2.89 bits per heavy atom. The van der Waals surface area contributed by atoms with E-state index in [0.717, 1.165) is 41.2 Å². The molecule has 3 nitrogen and oxygen atoms in total. The molecule has 0 spiro atoms. The molecule has 2 rings (SSSR count). The van der Waals surface area contributed by atoms with E-state index in [4.69, 9.17) is 15.2 Å². The Kier molecular flexibility index (Phi) is 5.67. The van der Waals surface area contributed by atoms with Crippen molar-refractivity contribution in [2.45, 2.75) is 38.6 Å². The summed E-state index contributed by atoms with van der Waals surface area (Å²) in [5, 5.41) is 0. The Morgan fingerprint density at radius 2 is 2.21 bits per heavy atom. The van der Waals surface area contributed by atoms with E-state index in [1.165, 1.54) is 12.8 Å². The highest BCUT2D eigenvalue weighted by molar-refractivity contribution is 9.10. The van der Waals surface area contributed by atoms with Gasteiger partial charge >= 0.3 is 0 Å². The number of hydrogen-bond donors (Lipinski definition) is 1. The van der Waals surface area contributed by atoms with E-state index < -0.39 is 0 Å². The number of benzene rings is 1. The van der Waals surface area contributed by atoms with Crippen LogP contribution in [0, 0.1) is 5.92 Å². The smallest absolute Gasteiger partial charge is 0.189 e. The molecule has 0 radical (unpaired) electrons. The molecule has 0 heterocycles. The minimum absolute atomic E-state index is 0.170. The van der Waals surface area contributed by atoms with E-state index in [1.807, 2.05) is 12.1 Å². The van der Waals surface area contributed by atoms with Crippen LogP contribution in [0.4, 0.5) is 0 Å². The Morgan fingerprint density at radius 1 is 1.42 bits per heavy atom. The molecule has 0 saturated heterocycles. The standard InChI is InChI=1S/C15H22BrNO2/c1-2-13(17)8-12-4-3-5-14(16)15(12)19-10-18-9-11-6-7-11/h3-5,11,13H,2,6-10,17H2,1H3. The van der Waals surface area contributed by atoms with Gasteiger partial charge in [0, 0.05) is 6.04 Å². The molecule has 1 fully saturated rings. The van der Waals surface area contributed by atoms with Gasteiger partial charge in [0.1, 0.15) is 5.75 Å². The fraction of sp³-hybridized carbons (Fsp3) is 0.600. The number of hydrogen-bond acceptors (Lipinski definition) is 3. The quantitative estimate of drug-likeness (QED) is 0.587. The van der Waals surface area contributed by atoms with Gasteiger partial charge in [-0.05, 0) is 59.2 Å². The van der Waals surface area contributed by atoms with Crippen LogP contribution in [-0.4, -0.2) is 19.4 Å². The molecular formula is C15H22BrNO2. The predicted octanol–water partition coefficient (Wildman–Crippen LogP) is 3.49. The minimum Gasteiger partial charge on any atom is -0.466 e. The fourth-order valence-corrected chi connectivity index (χ4v) is 2.42. The number of nitrogens with two attached hydrogens (primary N) is 1. The second-order valence-electron chi connectivity index (χ2n) is 5.18. The molecule has 0 amide bonds. The van der Waals surface area contributed by atoms with Crippen molar-refractivity contribution in [1.29, 1.82) is 0 Å². The Hall–Kier alpha value is -0.580. The van der Waals surface area contributed by atoms with Crippen LogP contribution in [-0.2, 0) is 11.2 Å². The van der Waals surface area contributed by atoms with Crippen molar-refractivity contribution in [1.82, 2.24) is 0 Å². The highest BCUT2D eigenvalue weighted by atomic mass is 79.9. The summed E-state index contributed by atoms with van der Waals surface area (Å²) in [6, 6.07) is 6.23. The molecule has 1 aromatic carbocycles. The highest BCUT2D eigenvalue weighted by Gasteiger charge is 2.21. The van der Waals surface area contributed by atoms with Gasteiger partial charge in [0.15, 0.2) is 6.79 Å². The summed E-state index contributed by atoms with van der Waals surface area (Å²) in [5.74, 6) is 1.62. The molecule has 1 aromatic rings. The number of para-hydroxylation sites is 1. The van der Waals surface area contributed by atoms with Crippen molar-refractivity contribution in [3.8, 4) is 5.75 Å². The van der Waals surface area contributed by atoms with Gasteiger partial charge in [0.25, 0.3) is 0 Å². The SMILES string of the molecule is CCC(N)Cc1cccc(Br)c1OCOCC1CC1. The van der Waals surface area contributed by atoms with Gasteiger partial charge < -0.3 is 15.2 Å². The maximum atomic E-state index is 6.02. The highest BCUT2D eigenvalue weighted by Crippen LogP contribution is 2.31. The van der Waals surface area contributed by atoms with E-state index >= 15 is 0 Å². The van der Waals surface area contributed by atoms with Gasteiger partial charge in [-0.15, -0.1) is 0 Å². The maximum absolute atomic E-state index is 6.02. The van der Waals surface area contributed by atoms with Crippen LogP contribution in [0.15, 0.2) is 22.7 Å². The van der Waals surface area contributed by atoms with Crippen molar-refractivity contribution in [2.24, 2.45) is 11.7 Å². The normalized spacial score (nSPS) is 16.4. The third-order valence-electron chi connectivity index (χ3n) is 3.39. The summed E-state index contributed by atoms with van der Waals surface area (Å²) in [7, 11) is 0. The summed E-state index contributed by atoms with van der Waals surface area (Å²) in [6.07, 6.45) is 4.38. The molecule has 2 N–H and O–H groups in total. The fourth-order valence-electron chi connectivity index (χ4n) is 1.90. The first-order valence-electron chi connectivity index (χ1n) is 6.94. The zero-order valence-corrected chi connectivity index (χ0v) is 13.0. The third-order valence-corrected chi connectivity index (χ3v) is 4.02. The number of halogens is 1. The average molecular weight is 328 g/mol. The molecule has 1 unspecified atom stereocenters. The topological polar surface area (TPSA) is 44.5 Å². The lowest BCUT2D eigenvalue weighted by Gasteiger charge is -2.15. The van der Waals surface area contributed by atoms with Gasteiger partial charge in [0.05, 0.1) is 11.1 Å². The Balaban J connectivity index is 1.91. The maximum Gasteiger partial charge on any atom is 0.189 e. The van der Waals surface area contributed by atoms with Gasteiger partial charge in [-0.2, -0.15) is 0 Å². The largest absolute Gasteiger partial charge is 0.466 e. The van der Waals surface area contributed by atoms with Crippen molar-refractivity contribution < 1.29 is 9.47 Å². The molecular weight excluding hydrogens is 306 g/mol. The molecule has 1 aliphatic rings. The van der Waals surface area contributed by atoms with E-state index in [0.29, 0.717) is 6.79 Å². The first-order chi connectivity index (χ1) is 9.20. The van der Waals surface area contributed by atoms with E-state index in [2.05, 4.69) is 28.9 Å². The predicted molar refractivity (Wildman–Crippen MR) is 80.3 cm³/mol.